The quantitative estimate of drug-likeness (QED) is 0.0169. The van der Waals surface area contributed by atoms with Crippen molar-refractivity contribution in [3.63, 3.8) is 0 Å². The van der Waals surface area contributed by atoms with Crippen LogP contribution in [0.15, 0.2) is 207 Å². The van der Waals surface area contributed by atoms with Crippen molar-refractivity contribution in [3.05, 3.63) is 240 Å². The topological polar surface area (TPSA) is 299 Å². The molecule has 0 aromatic heterocycles. The van der Waals surface area contributed by atoms with Gasteiger partial charge in [-0.1, -0.05) is 322 Å². The van der Waals surface area contributed by atoms with Crippen molar-refractivity contribution in [2.45, 2.75) is 195 Å². The fourth-order valence-electron chi connectivity index (χ4n) is 10.8. The van der Waals surface area contributed by atoms with E-state index in [0.29, 0.717) is 98.4 Å². The van der Waals surface area contributed by atoms with E-state index < -0.39 is 57.3 Å². The van der Waals surface area contributed by atoms with Gasteiger partial charge in [0.25, 0.3) is 0 Å². The molecular weight excluding hydrogens is 1780 g/mol. The third kappa shape index (κ3) is 91.6. The largest absolute Gasteiger partial charge is 1.00 e. The molecule has 0 amide bonds. The number of carbonyl (C=O) groups excluding carboxylic acids is 4. The van der Waals surface area contributed by atoms with Crippen LogP contribution in [0, 0.1) is 0 Å². The molecular formula is C100H169BN8NaO15S6. The fraction of sp³-hybridized carbons (Fsp3) is 0.560. The van der Waals surface area contributed by atoms with Gasteiger partial charge in [0.2, 0.25) is 5.97 Å². The van der Waals surface area contributed by atoms with E-state index in [-0.39, 0.29) is 29.6 Å². The maximum atomic E-state index is 11.2. The Morgan fingerprint density at radius 2 is 0.649 bits per heavy atom. The molecule has 0 atom stereocenters. The van der Waals surface area contributed by atoms with Crippen LogP contribution in [0.25, 0.3) is 0 Å². The first-order chi connectivity index (χ1) is 62.5. The number of nitrogens with zero attached hydrogens (tertiary/aromatic N) is 5. The number of unbranched alkanes of at least 4 members (excludes halogenated alkanes) is 5. The molecule has 739 valence electrons. The number of carbonyl (C=O) groups is 4. The average molecular weight is 1950 g/mol. The molecule has 0 bridgehead atoms. The Balaban J connectivity index is -0.000000327. The monoisotopic (exact) mass is 1950 g/mol. The fourth-order valence-corrected chi connectivity index (χ4v) is 17.7. The maximum Gasteiger partial charge on any atom is 1.00 e. The van der Waals surface area contributed by atoms with Gasteiger partial charge in [-0.15, -0.1) is 6.58 Å². The van der Waals surface area contributed by atoms with Crippen LogP contribution in [0.4, 0.5) is 0 Å². The van der Waals surface area contributed by atoms with E-state index in [1.54, 1.807) is 12.1 Å². The summed E-state index contributed by atoms with van der Waals surface area (Å²) in [5.74, 6) is 5.91. The first kappa shape index (κ1) is 136. The second kappa shape index (κ2) is 95.8. The van der Waals surface area contributed by atoms with E-state index >= 15 is 0 Å². The van der Waals surface area contributed by atoms with Crippen LogP contribution in [0.2, 0.25) is 0 Å². The van der Waals surface area contributed by atoms with Crippen LogP contribution >= 0.6 is 23.5 Å². The van der Waals surface area contributed by atoms with Gasteiger partial charge in [-0.05, 0) is 67.7 Å². The summed E-state index contributed by atoms with van der Waals surface area (Å²) in [7, 11) is -4.75. The van der Waals surface area contributed by atoms with Gasteiger partial charge in [-0.2, -0.15) is 23.5 Å². The molecule has 31 heteroatoms. The summed E-state index contributed by atoms with van der Waals surface area (Å²) in [5.41, 5.74) is 12.0. The van der Waals surface area contributed by atoms with Crippen molar-refractivity contribution in [2.75, 3.05) is 168 Å². The molecule has 6 heterocycles. The van der Waals surface area contributed by atoms with Crippen molar-refractivity contribution in [1.82, 2.24) is 35.1 Å². The Hall–Kier alpha value is -5.88. The van der Waals surface area contributed by atoms with Gasteiger partial charge in [0.05, 0.1) is 46.0 Å². The molecule has 3 radical (unpaired) electrons. The predicted octanol–water partition coefficient (Wildman–Crippen LogP) is 14.6. The average Bonchev–Trinajstić information content (AvgIpc) is 0.875. The molecule has 6 aliphatic heterocycles. The Morgan fingerprint density at radius 1 is 0.420 bits per heavy atom. The van der Waals surface area contributed by atoms with Crippen molar-refractivity contribution in [3.8, 4) is 0 Å². The molecule has 6 saturated heterocycles. The summed E-state index contributed by atoms with van der Waals surface area (Å²) >= 11 is 4.10. The molecule has 12 rings (SSSR count). The van der Waals surface area contributed by atoms with Gasteiger partial charge in [-0.25, -0.2) is 53.0 Å². The van der Waals surface area contributed by atoms with E-state index in [0.717, 1.165) is 77.9 Å². The van der Waals surface area contributed by atoms with Crippen LogP contribution in [0.5, 0.6) is 0 Å². The molecule has 0 aliphatic carbocycles. The number of nitrogens with one attached hydrogen (secondary N) is 2. The molecule has 0 unspecified atom stereocenters. The Labute approximate surface area is 828 Å². The van der Waals surface area contributed by atoms with Gasteiger partial charge < -0.3 is 29.1 Å². The SMILES string of the molecule is C/C=C/CCC.C1CSCCN1.C=CCCC.CC.CC.CC.CC(=O)OOC(C)=O.CCCCCC.CCN.CCNC.O=Cc1ccccc1.O=S1(=O)CCN(Cc2ccccc2)CC1.O=S1(=O)CCN(Cc2ccccc2)CC1.O=S1(=O)CCN(Cc2ccccc2)CC1.O=S1(=O)CCN(Cc2ccccc2)CC1.[B-]OC(C)=O.[Na+].c1ccc(CN2CCSCC2)cc1. The normalized spacial score (nSPS) is 15.7. The number of sulfone groups is 4. The van der Waals surface area contributed by atoms with Gasteiger partial charge in [0, 0.05) is 161 Å². The molecule has 6 aromatic carbocycles. The number of thioether (sulfide) groups is 2. The predicted molar refractivity (Wildman–Crippen MR) is 557 cm³/mol. The van der Waals surface area contributed by atoms with Crippen LogP contribution in [-0.2, 0) is 101 Å². The van der Waals surface area contributed by atoms with E-state index in [4.69, 9.17) is 5.73 Å². The third-order valence-electron chi connectivity index (χ3n) is 17.8. The van der Waals surface area contributed by atoms with Crippen LogP contribution in [0.3, 0.4) is 0 Å². The number of hydrogen-bond donors (Lipinski definition) is 3. The zero-order valence-corrected chi connectivity index (χ0v) is 90.3. The number of nitrogens with two attached hydrogens (primary N) is 1. The van der Waals surface area contributed by atoms with E-state index in [2.05, 4.69) is 209 Å². The van der Waals surface area contributed by atoms with Gasteiger partial charge >= 0.3 is 41.5 Å². The van der Waals surface area contributed by atoms with Crippen molar-refractivity contribution >= 4 is 95.1 Å². The first-order valence-corrected chi connectivity index (χ1v) is 55.9. The number of aldehydes is 1. The van der Waals surface area contributed by atoms with Gasteiger partial charge in [0.1, 0.15) is 6.29 Å². The minimum Gasteiger partial charge on any atom is -0.793 e. The first-order valence-electron chi connectivity index (χ1n) is 46.3. The summed E-state index contributed by atoms with van der Waals surface area (Å²) in [4.78, 5) is 58.1. The van der Waals surface area contributed by atoms with Crippen molar-refractivity contribution < 1.29 is 96.8 Å². The molecule has 0 spiro atoms. The summed E-state index contributed by atoms with van der Waals surface area (Å²) in [6.45, 7) is 50.5. The summed E-state index contributed by atoms with van der Waals surface area (Å²) < 4.78 is 93.4. The van der Waals surface area contributed by atoms with Crippen LogP contribution in [-0.4, -0.2) is 258 Å². The smallest absolute Gasteiger partial charge is 0.793 e. The van der Waals surface area contributed by atoms with E-state index in [9.17, 15) is 52.8 Å². The maximum absolute atomic E-state index is 11.2. The standard InChI is InChI=1S/4C11H15NO2S.C11H15NS.C7H6O.C6H14.C6H12.C5H10.C4H9NS.C4H6O4.C3H9N.C2H3BO2.C2H7N.3C2H6.Na/c4*13-15(14)8-6-12(7-9-15)10-11-4-2-1-3-5-11;1-2-4-11(5-3-1)10-12-6-8-13-9-7-12;8-6-7-4-2-1-3-5-7;2*1-3-5-6-4-2;1-3-5-4-2;1-3-6-4-2-5-1;1-3(5)7-8-4(2)6;1-3-4-2;1-2(4)5-3;1-2-3;3*1-2;/h4*1-5H,6-10H2;1-5H,6-10H2;1-6H;3-6H2,1-2H3;3,5H,4,6H2,1-2H3;3H,1,4-5H2,2H3;5H,1-4H2;1-2H3;4H,3H2,1-2H3;1H3;2-3H2,1H3;3*1-2H3;/q;;;;;;;;;;;;-1;;;;;+1/b;;;;;;;5-3+;;;;;;;;;;. The molecule has 4 N–H and O–H groups in total. The summed E-state index contributed by atoms with van der Waals surface area (Å²) in [6, 6.07) is 60.5. The minimum absolute atomic E-state index is 0. The van der Waals surface area contributed by atoms with Crippen LogP contribution < -0.4 is 45.9 Å². The Bertz CT molecular complexity index is 3650. The molecule has 131 heavy (non-hydrogen) atoms. The molecule has 6 aliphatic rings. The second-order valence-corrected chi connectivity index (χ2v) is 40.6. The van der Waals surface area contributed by atoms with Crippen molar-refractivity contribution in [2.24, 2.45) is 5.73 Å². The summed E-state index contributed by atoms with van der Waals surface area (Å²) in [5, 5.41) is 6.19. The zero-order valence-electron chi connectivity index (χ0n) is 83.4. The molecule has 23 nitrogen and oxygen atoms in total. The third-order valence-corrected chi connectivity index (χ3v) is 26.2. The zero-order chi connectivity index (χ0) is 98.7. The van der Waals surface area contributed by atoms with Gasteiger partial charge in [-0.3, -0.25) is 34.1 Å². The van der Waals surface area contributed by atoms with Gasteiger partial charge in [0.15, 0.2) is 39.3 Å². The molecule has 0 saturated carbocycles. The van der Waals surface area contributed by atoms with E-state index in [1.807, 2.05) is 164 Å². The van der Waals surface area contributed by atoms with Crippen LogP contribution in [0.1, 0.15) is 200 Å². The number of allylic oxidation sites excluding steroid dienone is 3. The number of hydrogen-bond acceptors (Lipinski definition) is 25. The second-order valence-electron chi connectivity index (χ2n) is 28.9. The Kier molecular flexibility index (Phi) is 99.4. The molecule has 6 aromatic rings. The summed E-state index contributed by atoms with van der Waals surface area (Å²) in [6.07, 6.45) is 17.4. The van der Waals surface area contributed by atoms with E-state index in [1.165, 1.54) is 129 Å². The number of benzene rings is 6. The van der Waals surface area contributed by atoms with Crippen molar-refractivity contribution in [1.29, 1.82) is 0 Å². The number of rotatable bonds is 19. The molecule has 6 fully saturated rings. The minimum atomic E-state index is -2.75. The Morgan fingerprint density at radius 3 is 0.794 bits per heavy atom.